The van der Waals surface area contributed by atoms with Gasteiger partial charge in [0.1, 0.15) is 0 Å². The maximum Gasteiger partial charge on any atom is 0.0935 e. The number of rotatable bonds is 5. The molecule has 1 N–H and O–H groups in total. The Kier molecular flexibility index (Phi) is 4.70. The van der Waals surface area contributed by atoms with Crippen LogP contribution in [0.15, 0.2) is 41.2 Å². The van der Waals surface area contributed by atoms with Crippen molar-refractivity contribution in [1.82, 2.24) is 5.32 Å². The minimum absolute atomic E-state index is 0.278. The number of likely N-dealkylation sites (N-methyl/N-ethyl adjacent to an activating group) is 1. The van der Waals surface area contributed by atoms with Crippen LogP contribution < -0.4 is 5.32 Å². The Hall–Kier alpha value is -0.960. The predicted octanol–water partition coefficient (Wildman–Crippen LogP) is 3.96. The van der Waals surface area contributed by atoms with Gasteiger partial charge in [0, 0.05) is 16.1 Å². The molecular formula is C14H15Cl2NO. The van der Waals surface area contributed by atoms with Crippen LogP contribution in [-0.2, 0) is 12.8 Å². The van der Waals surface area contributed by atoms with Crippen LogP contribution in [-0.4, -0.2) is 13.1 Å². The van der Waals surface area contributed by atoms with Crippen molar-refractivity contribution in [3.8, 4) is 0 Å². The fourth-order valence-electron chi connectivity index (χ4n) is 1.94. The van der Waals surface area contributed by atoms with E-state index in [0.717, 1.165) is 34.0 Å². The van der Waals surface area contributed by atoms with Crippen molar-refractivity contribution in [2.75, 3.05) is 7.05 Å². The van der Waals surface area contributed by atoms with Crippen LogP contribution in [0.1, 0.15) is 11.1 Å². The second kappa shape index (κ2) is 6.28. The van der Waals surface area contributed by atoms with E-state index < -0.39 is 0 Å². The first-order valence-corrected chi connectivity index (χ1v) is 6.57. The van der Waals surface area contributed by atoms with Gasteiger partial charge in [-0.05, 0) is 49.2 Å². The molecular weight excluding hydrogens is 269 g/mol. The van der Waals surface area contributed by atoms with Gasteiger partial charge in [0.15, 0.2) is 0 Å². The molecule has 1 aromatic heterocycles. The molecule has 96 valence electrons. The Bertz CT molecular complexity index is 476. The highest BCUT2D eigenvalue weighted by Gasteiger charge is 2.13. The highest BCUT2D eigenvalue weighted by atomic mass is 35.5. The fraction of sp³-hybridized carbons (Fsp3) is 0.286. The molecule has 1 heterocycles. The molecule has 1 unspecified atom stereocenters. The zero-order valence-electron chi connectivity index (χ0n) is 10.1. The van der Waals surface area contributed by atoms with Crippen LogP contribution in [0.25, 0.3) is 0 Å². The van der Waals surface area contributed by atoms with E-state index in [2.05, 4.69) is 5.32 Å². The minimum Gasteiger partial charge on any atom is -0.472 e. The Morgan fingerprint density at radius 1 is 1.17 bits per heavy atom. The maximum absolute atomic E-state index is 6.18. The molecule has 0 radical (unpaired) electrons. The molecule has 0 saturated heterocycles. The topological polar surface area (TPSA) is 25.2 Å². The SMILES string of the molecule is CNC(Cc1ccoc1)Cc1c(Cl)cccc1Cl. The van der Waals surface area contributed by atoms with Crippen molar-refractivity contribution >= 4 is 23.2 Å². The van der Waals surface area contributed by atoms with Gasteiger partial charge in [-0.2, -0.15) is 0 Å². The number of benzene rings is 1. The number of furan rings is 1. The largest absolute Gasteiger partial charge is 0.472 e. The summed E-state index contributed by atoms with van der Waals surface area (Å²) in [5.74, 6) is 0. The summed E-state index contributed by atoms with van der Waals surface area (Å²) >= 11 is 12.4. The maximum atomic E-state index is 6.18. The number of nitrogens with one attached hydrogen (secondary N) is 1. The van der Waals surface area contributed by atoms with Crippen molar-refractivity contribution in [2.24, 2.45) is 0 Å². The summed E-state index contributed by atoms with van der Waals surface area (Å²) in [6.45, 7) is 0. The Morgan fingerprint density at radius 3 is 2.44 bits per heavy atom. The Labute approximate surface area is 117 Å². The average molecular weight is 284 g/mol. The normalized spacial score (nSPS) is 12.6. The summed E-state index contributed by atoms with van der Waals surface area (Å²) in [5, 5.41) is 4.72. The van der Waals surface area contributed by atoms with Gasteiger partial charge in [0.25, 0.3) is 0 Å². The third-order valence-electron chi connectivity index (χ3n) is 2.98. The third kappa shape index (κ3) is 3.29. The van der Waals surface area contributed by atoms with E-state index in [0.29, 0.717) is 0 Å². The van der Waals surface area contributed by atoms with Crippen molar-refractivity contribution in [1.29, 1.82) is 0 Å². The third-order valence-corrected chi connectivity index (χ3v) is 3.69. The Balaban J connectivity index is 2.10. The van der Waals surface area contributed by atoms with Gasteiger partial charge in [0.05, 0.1) is 12.5 Å². The van der Waals surface area contributed by atoms with E-state index in [1.807, 2.05) is 31.3 Å². The molecule has 2 rings (SSSR count). The van der Waals surface area contributed by atoms with Gasteiger partial charge in [-0.3, -0.25) is 0 Å². The zero-order chi connectivity index (χ0) is 13.0. The summed E-state index contributed by atoms with van der Waals surface area (Å²) in [6, 6.07) is 7.85. The highest BCUT2D eigenvalue weighted by Crippen LogP contribution is 2.26. The molecule has 1 aromatic carbocycles. The molecule has 0 spiro atoms. The first-order valence-electron chi connectivity index (χ1n) is 5.82. The van der Waals surface area contributed by atoms with E-state index >= 15 is 0 Å². The van der Waals surface area contributed by atoms with Gasteiger partial charge >= 0.3 is 0 Å². The lowest BCUT2D eigenvalue weighted by atomic mass is 10.0. The van der Waals surface area contributed by atoms with Gasteiger partial charge in [-0.15, -0.1) is 0 Å². The van der Waals surface area contributed by atoms with E-state index in [1.54, 1.807) is 12.5 Å². The molecule has 0 bridgehead atoms. The van der Waals surface area contributed by atoms with E-state index in [-0.39, 0.29) is 6.04 Å². The van der Waals surface area contributed by atoms with Crippen LogP contribution >= 0.6 is 23.2 Å². The van der Waals surface area contributed by atoms with Gasteiger partial charge < -0.3 is 9.73 Å². The number of hydrogen-bond donors (Lipinski definition) is 1. The molecule has 1 atom stereocenters. The Morgan fingerprint density at radius 2 is 1.89 bits per heavy atom. The molecule has 18 heavy (non-hydrogen) atoms. The number of hydrogen-bond acceptors (Lipinski definition) is 2. The van der Waals surface area contributed by atoms with Gasteiger partial charge in [0.2, 0.25) is 0 Å². The molecule has 0 aliphatic heterocycles. The second-order valence-electron chi connectivity index (χ2n) is 4.23. The molecule has 2 nitrogen and oxygen atoms in total. The molecule has 4 heteroatoms. The zero-order valence-corrected chi connectivity index (χ0v) is 11.6. The first kappa shape index (κ1) is 13.5. The van der Waals surface area contributed by atoms with Crippen LogP contribution in [0.4, 0.5) is 0 Å². The summed E-state index contributed by atoms with van der Waals surface area (Å²) < 4.78 is 5.08. The summed E-state index contributed by atoms with van der Waals surface area (Å²) in [7, 11) is 1.94. The summed E-state index contributed by atoms with van der Waals surface area (Å²) in [6.07, 6.45) is 5.12. The molecule has 2 aromatic rings. The van der Waals surface area contributed by atoms with Crippen LogP contribution in [0.2, 0.25) is 10.0 Å². The number of halogens is 2. The second-order valence-corrected chi connectivity index (χ2v) is 5.04. The molecule has 0 saturated carbocycles. The lowest BCUT2D eigenvalue weighted by Gasteiger charge is -2.17. The molecule has 0 aliphatic rings. The molecule has 0 fully saturated rings. The van der Waals surface area contributed by atoms with Crippen molar-refractivity contribution < 1.29 is 4.42 Å². The fourth-order valence-corrected chi connectivity index (χ4v) is 2.50. The van der Waals surface area contributed by atoms with Crippen molar-refractivity contribution in [3.63, 3.8) is 0 Å². The highest BCUT2D eigenvalue weighted by molar-refractivity contribution is 6.36. The lowest BCUT2D eigenvalue weighted by molar-refractivity contribution is 0.538. The van der Waals surface area contributed by atoms with E-state index in [4.69, 9.17) is 27.6 Å². The van der Waals surface area contributed by atoms with Crippen LogP contribution in [0.5, 0.6) is 0 Å². The monoisotopic (exact) mass is 283 g/mol. The van der Waals surface area contributed by atoms with Crippen molar-refractivity contribution in [3.05, 3.63) is 58.0 Å². The van der Waals surface area contributed by atoms with Crippen molar-refractivity contribution in [2.45, 2.75) is 18.9 Å². The van der Waals surface area contributed by atoms with Gasteiger partial charge in [-0.25, -0.2) is 0 Å². The first-order chi connectivity index (χ1) is 8.70. The average Bonchev–Trinajstić information content (AvgIpc) is 2.85. The predicted molar refractivity (Wildman–Crippen MR) is 75.4 cm³/mol. The molecule has 0 amide bonds. The quantitative estimate of drug-likeness (QED) is 0.899. The standard InChI is InChI=1S/C14H15Cl2NO/c1-17-11(7-10-5-6-18-9-10)8-12-13(15)3-2-4-14(12)16/h2-6,9,11,17H,7-8H2,1H3. The lowest BCUT2D eigenvalue weighted by Crippen LogP contribution is -2.30. The van der Waals surface area contributed by atoms with E-state index in [9.17, 15) is 0 Å². The van der Waals surface area contributed by atoms with Crippen LogP contribution in [0.3, 0.4) is 0 Å². The molecule has 0 aliphatic carbocycles. The van der Waals surface area contributed by atoms with Crippen LogP contribution in [0, 0.1) is 0 Å². The van der Waals surface area contributed by atoms with E-state index in [1.165, 1.54) is 0 Å². The smallest absolute Gasteiger partial charge is 0.0935 e. The van der Waals surface area contributed by atoms with Gasteiger partial charge in [-0.1, -0.05) is 29.3 Å². The minimum atomic E-state index is 0.278. The summed E-state index contributed by atoms with van der Waals surface area (Å²) in [5.41, 5.74) is 2.15. The summed E-state index contributed by atoms with van der Waals surface area (Å²) in [4.78, 5) is 0.